The zero-order valence-corrected chi connectivity index (χ0v) is 20.5. The second kappa shape index (κ2) is 11.1. The molecule has 2 amide bonds. The van der Waals surface area contributed by atoms with E-state index in [2.05, 4.69) is 10.2 Å². The SMILES string of the molecule is COc1ccc(N2C(=O)C(CC(=O)Nc3ccc(Cl)cc3)N(CCN3CCOCC3)C2=S)cc1. The van der Waals surface area contributed by atoms with Crippen LogP contribution < -0.4 is 15.0 Å². The molecule has 1 atom stereocenters. The van der Waals surface area contributed by atoms with Crippen molar-refractivity contribution < 1.29 is 19.1 Å². The minimum absolute atomic E-state index is 0.0165. The van der Waals surface area contributed by atoms with E-state index in [0.717, 1.165) is 19.6 Å². The Labute approximate surface area is 209 Å². The van der Waals surface area contributed by atoms with Crippen LogP contribution in [0.25, 0.3) is 0 Å². The van der Waals surface area contributed by atoms with E-state index in [9.17, 15) is 9.59 Å². The Balaban J connectivity index is 1.51. The van der Waals surface area contributed by atoms with Crippen LogP contribution in [0, 0.1) is 0 Å². The number of rotatable bonds is 8. The topological polar surface area (TPSA) is 74.4 Å². The maximum absolute atomic E-state index is 13.5. The number of ether oxygens (including phenoxy) is 2. The van der Waals surface area contributed by atoms with Crippen molar-refractivity contribution in [2.24, 2.45) is 0 Å². The van der Waals surface area contributed by atoms with Gasteiger partial charge in [-0.15, -0.1) is 0 Å². The molecule has 2 saturated heterocycles. The molecule has 2 aromatic rings. The molecule has 10 heteroatoms. The lowest BCUT2D eigenvalue weighted by atomic mass is 10.1. The van der Waals surface area contributed by atoms with Gasteiger partial charge in [0.15, 0.2) is 5.11 Å². The van der Waals surface area contributed by atoms with Gasteiger partial charge in [-0.2, -0.15) is 0 Å². The minimum Gasteiger partial charge on any atom is -0.497 e. The van der Waals surface area contributed by atoms with Gasteiger partial charge in [0.25, 0.3) is 5.91 Å². The number of methoxy groups -OCH3 is 1. The number of hydrogen-bond donors (Lipinski definition) is 1. The first-order chi connectivity index (χ1) is 16.5. The summed E-state index contributed by atoms with van der Waals surface area (Å²) in [5.74, 6) is 0.198. The van der Waals surface area contributed by atoms with Crippen LogP contribution in [0.4, 0.5) is 11.4 Å². The number of nitrogens with one attached hydrogen (secondary N) is 1. The third-order valence-electron chi connectivity index (χ3n) is 5.92. The Morgan fingerprint density at radius 1 is 1.12 bits per heavy atom. The summed E-state index contributed by atoms with van der Waals surface area (Å²) in [5, 5.41) is 3.82. The van der Waals surface area contributed by atoms with Crippen LogP contribution in [0.5, 0.6) is 5.75 Å². The fourth-order valence-corrected chi connectivity index (χ4v) is 4.59. The van der Waals surface area contributed by atoms with E-state index in [0.29, 0.717) is 47.0 Å². The van der Waals surface area contributed by atoms with Crippen LogP contribution in [0.1, 0.15) is 6.42 Å². The zero-order valence-electron chi connectivity index (χ0n) is 18.9. The summed E-state index contributed by atoms with van der Waals surface area (Å²) in [6, 6.07) is 13.3. The molecule has 4 rings (SSSR count). The van der Waals surface area contributed by atoms with Crippen molar-refractivity contribution >= 4 is 52.1 Å². The van der Waals surface area contributed by atoms with Crippen molar-refractivity contribution in [2.75, 3.05) is 56.7 Å². The fraction of sp³-hybridized carbons (Fsp3) is 0.375. The molecule has 34 heavy (non-hydrogen) atoms. The van der Waals surface area contributed by atoms with Crippen LogP contribution >= 0.6 is 23.8 Å². The summed E-state index contributed by atoms with van der Waals surface area (Å²) in [7, 11) is 1.59. The van der Waals surface area contributed by atoms with Crippen molar-refractivity contribution in [1.29, 1.82) is 0 Å². The van der Waals surface area contributed by atoms with Gasteiger partial charge in [-0.1, -0.05) is 11.6 Å². The van der Waals surface area contributed by atoms with Crippen molar-refractivity contribution in [1.82, 2.24) is 9.80 Å². The van der Waals surface area contributed by atoms with Crippen LogP contribution in [-0.2, 0) is 14.3 Å². The highest BCUT2D eigenvalue weighted by Crippen LogP contribution is 2.29. The van der Waals surface area contributed by atoms with Gasteiger partial charge >= 0.3 is 0 Å². The van der Waals surface area contributed by atoms with Crippen LogP contribution in [-0.4, -0.2) is 79.3 Å². The van der Waals surface area contributed by atoms with Crippen molar-refractivity contribution in [3.63, 3.8) is 0 Å². The fourth-order valence-electron chi connectivity index (χ4n) is 4.05. The molecule has 180 valence electrons. The standard InChI is InChI=1S/C24H27ClN4O4S/c1-32-20-8-6-19(7-9-20)29-23(31)21(16-22(30)26-18-4-2-17(25)3-5-18)28(24(29)34)11-10-27-12-14-33-15-13-27/h2-9,21H,10-16H2,1H3,(H,26,30). The second-order valence-electron chi connectivity index (χ2n) is 8.08. The van der Waals surface area contributed by atoms with Crippen LogP contribution in [0.2, 0.25) is 5.02 Å². The molecule has 2 heterocycles. The zero-order chi connectivity index (χ0) is 24.1. The molecule has 0 aromatic heterocycles. The van der Waals surface area contributed by atoms with E-state index in [-0.39, 0.29) is 18.2 Å². The summed E-state index contributed by atoms with van der Waals surface area (Å²) >= 11 is 11.7. The Bertz CT molecular complexity index is 1030. The molecular formula is C24H27ClN4O4S. The summed E-state index contributed by atoms with van der Waals surface area (Å²) in [4.78, 5) is 32.0. The lowest BCUT2D eigenvalue weighted by Crippen LogP contribution is -2.45. The normalized spacial score (nSPS) is 18.9. The van der Waals surface area contributed by atoms with Crippen LogP contribution in [0.15, 0.2) is 48.5 Å². The molecule has 8 nitrogen and oxygen atoms in total. The molecule has 0 radical (unpaired) electrons. The molecule has 2 fully saturated rings. The van der Waals surface area contributed by atoms with E-state index in [1.54, 1.807) is 55.6 Å². The van der Waals surface area contributed by atoms with Crippen molar-refractivity contribution in [3.8, 4) is 5.75 Å². The molecule has 0 bridgehead atoms. The molecule has 2 aromatic carbocycles. The number of nitrogens with zero attached hydrogens (tertiary/aromatic N) is 3. The number of carbonyl (C=O) groups excluding carboxylic acids is 2. The molecule has 0 spiro atoms. The molecule has 1 unspecified atom stereocenters. The number of carbonyl (C=O) groups is 2. The monoisotopic (exact) mass is 502 g/mol. The van der Waals surface area contributed by atoms with Gasteiger partial charge in [-0.3, -0.25) is 19.4 Å². The molecule has 2 aliphatic heterocycles. The number of morpholine rings is 1. The van der Waals surface area contributed by atoms with E-state index in [1.165, 1.54) is 4.90 Å². The second-order valence-corrected chi connectivity index (χ2v) is 8.88. The van der Waals surface area contributed by atoms with Crippen molar-refractivity contribution in [2.45, 2.75) is 12.5 Å². The number of halogens is 1. The largest absolute Gasteiger partial charge is 0.497 e. The third kappa shape index (κ3) is 5.67. The number of anilines is 2. The molecule has 2 aliphatic rings. The Kier molecular flexibility index (Phi) is 7.99. The van der Waals surface area contributed by atoms with Gasteiger partial charge in [0, 0.05) is 36.9 Å². The summed E-state index contributed by atoms with van der Waals surface area (Å²) in [5.41, 5.74) is 1.27. The van der Waals surface area contributed by atoms with Gasteiger partial charge in [0.05, 0.1) is 32.4 Å². The Morgan fingerprint density at radius 2 is 1.79 bits per heavy atom. The maximum Gasteiger partial charge on any atom is 0.256 e. The van der Waals surface area contributed by atoms with E-state index < -0.39 is 6.04 Å². The highest BCUT2D eigenvalue weighted by Gasteiger charge is 2.44. The number of amides is 2. The minimum atomic E-state index is -0.692. The van der Waals surface area contributed by atoms with Gasteiger partial charge in [0.1, 0.15) is 11.8 Å². The molecule has 0 saturated carbocycles. The highest BCUT2D eigenvalue weighted by molar-refractivity contribution is 7.80. The first-order valence-electron chi connectivity index (χ1n) is 11.1. The molecular weight excluding hydrogens is 476 g/mol. The summed E-state index contributed by atoms with van der Waals surface area (Å²) in [6.07, 6.45) is -0.0165. The van der Waals surface area contributed by atoms with Gasteiger partial charge in [-0.05, 0) is 60.7 Å². The van der Waals surface area contributed by atoms with E-state index in [1.807, 2.05) is 4.90 Å². The van der Waals surface area contributed by atoms with Gasteiger partial charge < -0.3 is 19.7 Å². The van der Waals surface area contributed by atoms with E-state index in [4.69, 9.17) is 33.3 Å². The molecule has 0 aliphatic carbocycles. The summed E-state index contributed by atoms with van der Waals surface area (Å²) in [6.45, 7) is 4.30. The van der Waals surface area contributed by atoms with Crippen molar-refractivity contribution in [3.05, 3.63) is 53.6 Å². The number of thiocarbonyl (C=S) groups is 1. The highest BCUT2D eigenvalue weighted by atomic mass is 35.5. The first-order valence-corrected chi connectivity index (χ1v) is 11.9. The van der Waals surface area contributed by atoms with Gasteiger partial charge in [0.2, 0.25) is 5.91 Å². The van der Waals surface area contributed by atoms with Gasteiger partial charge in [-0.25, -0.2) is 0 Å². The smallest absolute Gasteiger partial charge is 0.256 e. The van der Waals surface area contributed by atoms with E-state index >= 15 is 0 Å². The number of benzene rings is 2. The predicted molar refractivity (Wildman–Crippen MR) is 136 cm³/mol. The average Bonchev–Trinajstić information content (AvgIpc) is 3.08. The third-order valence-corrected chi connectivity index (χ3v) is 6.59. The first kappa shape index (κ1) is 24.4. The van der Waals surface area contributed by atoms with Crippen LogP contribution in [0.3, 0.4) is 0 Å². The lowest BCUT2D eigenvalue weighted by Gasteiger charge is -2.30. The summed E-state index contributed by atoms with van der Waals surface area (Å²) < 4.78 is 10.7. The maximum atomic E-state index is 13.5. The predicted octanol–water partition coefficient (Wildman–Crippen LogP) is 3.01. The Morgan fingerprint density at radius 3 is 2.44 bits per heavy atom. The molecule has 1 N–H and O–H groups in total. The average molecular weight is 503 g/mol. The lowest BCUT2D eigenvalue weighted by molar-refractivity contribution is -0.124. The number of hydrogen-bond acceptors (Lipinski definition) is 6. The Hall–Kier alpha value is -2.72. The quantitative estimate of drug-likeness (QED) is 0.556.